The highest BCUT2D eigenvalue weighted by Gasteiger charge is 2.57. The van der Waals surface area contributed by atoms with Gasteiger partial charge < -0.3 is 10.0 Å². The molecule has 3 aliphatic rings. The van der Waals surface area contributed by atoms with E-state index in [1.54, 1.807) is 0 Å². The fraction of sp³-hybridized carbons (Fsp3) is 0.435. The van der Waals surface area contributed by atoms with Crippen molar-refractivity contribution in [2.75, 3.05) is 13.1 Å². The Bertz CT molecular complexity index is 831. The number of aliphatic hydroxyl groups is 1. The average Bonchev–Trinajstić information content (AvgIpc) is 3.41. The van der Waals surface area contributed by atoms with Gasteiger partial charge in [0.05, 0.1) is 5.60 Å². The van der Waals surface area contributed by atoms with Gasteiger partial charge in [0, 0.05) is 25.5 Å². The monoisotopic (exact) mass is 349 g/mol. The van der Waals surface area contributed by atoms with Crippen LogP contribution < -0.4 is 0 Å². The quantitative estimate of drug-likeness (QED) is 0.906. The van der Waals surface area contributed by atoms with E-state index in [1.807, 2.05) is 29.2 Å². The molecule has 5 rings (SSSR count). The smallest absolute Gasteiger partial charge is 0.253 e. The topological polar surface area (TPSA) is 40.5 Å². The van der Waals surface area contributed by atoms with Crippen molar-refractivity contribution in [1.29, 1.82) is 0 Å². The molecule has 3 fully saturated rings. The van der Waals surface area contributed by atoms with Crippen LogP contribution in [0.15, 0.2) is 54.6 Å². The summed E-state index contributed by atoms with van der Waals surface area (Å²) in [7, 11) is 0. The zero-order valence-electron chi connectivity index (χ0n) is 15.0. The molecule has 2 aliphatic carbocycles. The van der Waals surface area contributed by atoms with Crippen molar-refractivity contribution < 1.29 is 11.3 Å². The molecule has 3 nitrogen and oxygen atoms in total. The van der Waals surface area contributed by atoms with Gasteiger partial charge in [0.25, 0.3) is 5.91 Å². The molecular formula is C23H27NO2. The molecular weight excluding hydrogens is 322 g/mol. The van der Waals surface area contributed by atoms with E-state index in [0.29, 0.717) is 11.3 Å². The minimum absolute atomic E-state index is 0. The average molecular weight is 349 g/mol. The molecule has 1 N–H and O–H groups in total. The molecule has 136 valence electrons. The molecule has 2 aromatic rings. The summed E-state index contributed by atoms with van der Waals surface area (Å²) < 4.78 is 0. The normalized spacial score (nSPS) is 28.8. The van der Waals surface area contributed by atoms with Gasteiger partial charge in [0.2, 0.25) is 0 Å². The van der Waals surface area contributed by atoms with E-state index in [-0.39, 0.29) is 7.33 Å². The summed E-state index contributed by atoms with van der Waals surface area (Å²) in [6.07, 6.45) is 5.00. The van der Waals surface area contributed by atoms with E-state index in [4.69, 9.17) is 0 Å². The lowest BCUT2D eigenvalue weighted by molar-refractivity contribution is -0.0388. The maximum absolute atomic E-state index is 12.9. The van der Waals surface area contributed by atoms with Crippen LogP contribution in [0.4, 0.5) is 0 Å². The van der Waals surface area contributed by atoms with Gasteiger partial charge in [-0.1, -0.05) is 42.5 Å². The number of hydrogen-bond donors (Lipinski definition) is 1. The van der Waals surface area contributed by atoms with Gasteiger partial charge in [-0.25, -0.2) is 0 Å². The molecule has 1 aliphatic heterocycles. The number of piperidine rings is 1. The van der Waals surface area contributed by atoms with Crippen molar-refractivity contribution >= 4 is 5.91 Å². The molecule has 2 saturated carbocycles. The lowest BCUT2D eigenvalue weighted by Crippen LogP contribution is -2.40. The van der Waals surface area contributed by atoms with Crippen LogP contribution in [-0.4, -0.2) is 29.0 Å². The second kappa shape index (κ2) is 5.68. The number of hydrogen-bond acceptors (Lipinski definition) is 2. The summed E-state index contributed by atoms with van der Waals surface area (Å²) in [5.41, 5.74) is 2.79. The first-order chi connectivity index (χ1) is 12.6. The minimum atomic E-state index is -0.657. The van der Waals surface area contributed by atoms with Crippen LogP contribution in [0.3, 0.4) is 0 Å². The van der Waals surface area contributed by atoms with E-state index >= 15 is 0 Å². The molecule has 0 radical (unpaired) electrons. The third-order valence-corrected chi connectivity index (χ3v) is 6.99. The second-order valence-electron chi connectivity index (χ2n) is 8.39. The number of carbonyl (C=O) groups excluding carboxylic acids is 1. The van der Waals surface area contributed by atoms with Crippen LogP contribution in [0.25, 0.3) is 0 Å². The highest BCUT2D eigenvalue weighted by atomic mass is 16.3. The SMILES string of the molecule is O=C(c1ccc(C2(O)CCC2)cc1)N1CCC2(c3ccccc3)CC2C1.[HH]. The Labute approximate surface area is 156 Å². The van der Waals surface area contributed by atoms with Crippen LogP contribution in [0.5, 0.6) is 0 Å². The fourth-order valence-corrected chi connectivity index (χ4v) is 4.98. The molecule has 3 heteroatoms. The first-order valence-electron chi connectivity index (χ1n) is 9.79. The van der Waals surface area contributed by atoms with E-state index in [1.165, 1.54) is 12.0 Å². The van der Waals surface area contributed by atoms with Crippen molar-refractivity contribution in [2.24, 2.45) is 5.92 Å². The van der Waals surface area contributed by atoms with Crippen molar-refractivity contribution in [3.8, 4) is 0 Å². The molecule has 26 heavy (non-hydrogen) atoms. The zero-order valence-corrected chi connectivity index (χ0v) is 15.0. The maximum Gasteiger partial charge on any atom is 0.253 e. The summed E-state index contributed by atoms with van der Waals surface area (Å²) in [6, 6.07) is 18.4. The highest BCUT2D eigenvalue weighted by molar-refractivity contribution is 5.94. The molecule has 2 aromatic carbocycles. The minimum Gasteiger partial charge on any atom is -0.385 e. The Morgan fingerprint density at radius 2 is 1.73 bits per heavy atom. The summed E-state index contributed by atoms with van der Waals surface area (Å²) in [4.78, 5) is 14.9. The maximum atomic E-state index is 12.9. The first-order valence-corrected chi connectivity index (χ1v) is 9.79. The van der Waals surface area contributed by atoms with Gasteiger partial charge in [-0.15, -0.1) is 0 Å². The van der Waals surface area contributed by atoms with Gasteiger partial charge in [-0.2, -0.15) is 0 Å². The summed E-state index contributed by atoms with van der Waals surface area (Å²) in [5, 5.41) is 10.4. The van der Waals surface area contributed by atoms with Crippen LogP contribution in [0.2, 0.25) is 0 Å². The van der Waals surface area contributed by atoms with Crippen LogP contribution in [-0.2, 0) is 11.0 Å². The van der Waals surface area contributed by atoms with Gasteiger partial charge in [-0.3, -0.25) is 4.79 Å². The van der Waals surface area contributed by atoms with E-state index in [9.17, 15) is 9.90 Å². The third kappa shape index (κ3) is 2.41. The number of rotatable bonds is 3. The highest BCUT2D eigenvalue weighted by Crippen LogP contribution is 2.59. The Morgan fingerprint density at radius 3 is 2.35 bits per heavy atom. The summed E-state index contributed by atoms with van der Waals surface area (Å²) >= 11 is 0. The Morgan fingerprint density at radius 1 is 1.00 bits per heavy atom. The number of benzene rings is 2. The summed E-state index contributed by atoms with van der Waals surface area (Å²) in [6.45, 7) is 1.69. The van der Waals surface area contributed by atoms with E-state index in [2.05, 4.69) is 30.3 Å². The molecule has 1 amide bonds. The Hall–Kier alpha value is -2.13. The standard InChI is InChI=1S/C23H25NO2.H2/c25-21(17-7-9-19(10-8-17)23(26)11-4-12-23)24-14-13-22(15-20(22)16-24)18-5-2-1-3-6-18;/h1-3,5-10,20,26H,4,11-16H2;1H. The second-order valence-corrected chi connectivity index (χ2v) is 8.39. The number of likely N-dealkylation sites (tertiary alicyclic amines) is 1. The lowest BCUT2D eigenvalue weighted by atomic mass is 9.75. The van der Waals surface area contributed by atoms with E-state index < -0.39 is 5.60 Å². The van der Waals surface area contributed by atoms with E-state index in [0.717, 1.165) is 49.9 Å². The van der Waals surface area contributed by atoms with Gasteiger partial charge in [0.1, 0.15) is 0 Å². The third-order valence-electron chi connectivity index (χ3n) is 6.99. The molecule has 1 heterocycles. The number of carbonyl (C=O) groups is 1. The molecule has 0 aromatic heterocycles. The molecule has 0 spiro atoms. The van der Waals surface area contributed by atoms with Crippen LogP contribution >= 0.6 is 0 Å². The van der Waals surface area contributed by atoms with Crippen molar-refractivity contribution in [1.82, 2.24) is 4.90 Å². The Balaban J connectivity index is 0.00000180. The zero-order chi connectivity index (χ0) is 17.8. The van der Waals surface area contributed by atoms with Gasteiger partial charge >= 0.3 is 0 Å². The number of nitrogens with zero attached hydrogens (tertiary/aromatic N) is 1. The number of fused-ring (bicyclic) bond motifs is 1. The predicted molar refractivity (Wildman–Crippen MR) is 103 cm³/mol. The molecule has 1 saturated heterocycles. The van der Waals surface area contributed by atoms with Gasteiger partial charge in [-0.05, 0) is 61.3 Å². The van der Waals surface area contributed by atoms with Crippen LogP contribution in [0.1, 0.15) is 55.0 Å². The fourth-order valence-electron chi connectivity index (χ4n) is 4.98. The summed E-state index contributed by atoms with van der Waals surface area (Å²) in [5.74, 6) is 0.725. The number of amides is 1. The lowest BCUT2D eigenvalue weighted by Gasteiger charge is -2.37. The largest absolute Gasteiger partial charge is 0.385 e. The van der Waals surface area contributed by atoms with Crippen molar-refractivity contribution in [3.05, 3.63) is 71.3 Å². The van der Waals surface area contributed by atoms with Crippen molar-refractivity contribution in [3.63, 3.8) is 0 Å². The first kappa shape index (κ1) is 16.1. The predicted octanol–water partition coefficient (Wildman–Crippen LogP) is 4.11. The molecule has 0 bridgehead atoms. The molecule has 2 atom stereocenters. The molecule has 2 unspecified atom stereocenters. The van der Waals surface area contributed by atoms with Gasteiger partial charge in [0.15, 0.2) is 0 Å². The Kier molecular flexibility index (Phi) is 3.51. The van der Waals surface area contributed by atoms with Crippen molar-refractivity contribution in [2.45, 2.75) is 43.1 Å². The van der Waals surface area contributed by atoms with Crippen LogP contribution in [0, 0.1) is 5.92 Å².